The van der Waals surface area contributed by atoms with Crippen LogP contribution in [0.2, 0.25) is 0 Å². The van der Waals surface area contributed by atoms with Crippen LogP contribution in [0.4, 0.5) is 22.7 Å². The van der Waals surface area contributed by atoms with E-state index in [1.54, 1.807) is 0 Å². The number of phenols is 2. The molecule has 0 spiro atoms. The van der Waals surface area contributed by atoms with E-state index < -0.39 is 45.6 Å². The summed E-state index contributed by atoms with van der Waals surface area (Å²) < 4.78 is 11.7. The summed E-state index contributed by atoms with van der Waals surface area (Å²) in [6.45, 7) is 0. The van der Waals surface area contributed by atoms with Crippen LogP contribution in [-0.2, 0) is 63.4 Å². The molecule has 49 heavy (non-hydrogen) atoms. The zero-order valence-corrected chi connectivity index (χ0v) is 27.7. The minimum Gasteiger partial charge on any atom is -0.506 e. The van der Waals surface area contributed by atoms with Gasteiger partial charge in [0.25, 0.3) is 11.1 Å². The van der Waals surface area contributed by atoms with Gasteiger partial charge in [0.05, 0.1) is 24.1 Å². The number of aromatic nitrogens is 4. The van der Waals surface area contributed by atoms with Crippen molar-refractivity contribution in [3.63, 3.8) is 0 Å². The third-order valence-corrected chi connectivity index (χ3v) is 7.10. The van der Waals surface area contributed by atoms with Gasteiger partial charge in [0.1, 0.15) is 22.9 Å². The maximum absolute atomic E-state index is 12.0. The van der Waals surface area contributed by atoms with Gasteiger partial charge < -0.3 is 20.4 Å². The van der Waals surface area contributed by atoms with E-state index in [1.165, 1.54) is 64.6 Å². The second-order valence-corrected chi connectivity index (χ2v) is 10.5. The Balaban J connectivity index is 0.000000333. The van der Waals surface area contributed by atoms with Gasteiger partial charge in [-0.3, -0.25) is 27.9 Å². The minimum absolute atomic E-state index is 0. The smallest absolute Gasteiger partial charge is 0.333 e. The van der Waals surface area contributed by atoms with E-state index in [9.17, 15) is 39.6 Å². The third kappa shape index (κ3) is 9.62. The molecule has 0 aliphatic heterocycles. The maximum atomic E-state index is 12.0. The van der Waals surface area contributed by atoms with Crippen LogP contribution >= 0.6 is 24.1 Å². The molecule has 4 aromatic rings. The molecule has 25 heteroatoms. The summed E-state index contributed by atoms with van der Waals surface area (Å²) in [5, 5.41) is 77.0. The monoisotopic (exact) mass is 770 g/mol. The van der Waals surface area contributed by atoms with Crippen LogP contribution in [0.3, 0.4) is 0 Å². The Kier molecular flexibility index (Phi) is 14.9. The summed E-state index contributed by atoms with van der Waals surface area (Å²) in [5.41, 5.74) is -4.16. The fourth-order valence-electron chi connectivity index (χ4n) is 3.39. The number of benzene rings is 2. The first-order chi connectivity index (χ1) is 22.7. The molecule has 0 unspecified atom stereocenters. The number of hydrogen-bond acceptors (Lipinski definition) is 20. The molecule has 0 aliphatic rings. The van der Waals surface area contributed by atoms with Gasteiger partial charge in [0.15, 0.2) is 0 Å². The summed E-state index contributed by atoms with van der Waals surface area (Å²) in [6.07, 6.45) is 0. The number of rotatable bonds is 10. The van der Waals surface area contributed by atoms with Crippen molar-refractivity contribution < 1.29 is 66.2 Å². The minimum atomic E-state index is -0.846. The van der Waals surface area contributed by atoms with Gasteiger partial charge in [-0.15, -0.1) is 29.1 Å². The number of phenolic OH excluding ortho intramolecular Hbond substituents is 2. The van der Waals surface area contributed by atoms with Gasteiger partial charge in [0, 0.05) is 54.5 Å². The van der Waals surface area contributed by atoms with Crippen LogP contribution in [0, 0.1) is 0 Å². The van der Waals surface area contributed by atoms with Crippen LogP contribution in [0.15, 0.2) is 85.8 Å². The van der Waals surface area contributed by atoms with Gasteiger partial charge in [0.2, 0.25) is 23.1 Å². The Labute approximate surface area is 290 Å². The molecule has 0 saturated heterocycles. The molecule has 0 saturated carbocycles. The van der Waals surface area contributed by atoms with Gasteiger partial charge in [-0.25, -0.2) is 20.1 Å². The predicted octanol–water partition coefficient (Wildman–Crippen LogP) is 2.68. The molecule has 2 heterocycles. The summed E-state index contributed by atoms with van der Waals surface area (Å²) in [7, 11) is 4.97. The van der Waals surface area contributed by atoms with Gasteiger partial charge in [-0.05, 0) is 36.4 Å². The summed E-state index contributed by atoms with van der Waals surface area (Å²) in [4.78, 5) is 48.0. The second kappa shape index (κ2) is 18.1. The van der Waals surface area contributed by atoms with E-state index in [4.69, 9.17) is 10.5 Å². The molecular formula is C24H24N8NiO14S2. The molecule has 0 atom stereocenters. The van der Waals surface area contributed by atoms with Crippen molar-refractivity contribution in [3.05, 3.63) is 78.1 Å². The van der Waals surface area contributed by atoms with Crippen molar-refractivity contribution >= 4 is 46.8 Å². The summed E-state index contributed by atoms with van der Waals surface area (Å²) in [6, 6.07) is 8.09. The van der Waals surface area contributed by atoms with Crippen molar-refractivity contribution in [1.29, 1.82) is 0 Å². The average Bonchev–Trinajstić information content (AvgIpc) is 3.08. The Morgan fingerprint density at radius 1 is 0.571 bits per heavy atom. The molecule has 266 valence electrons. The second-order valence-electron chi connectivity index (χ2n) is 8.91. The SMILES string of the molecule is Cn1c(O)c(N=Nc2cc(SOOO)ccc2O)c(=O)n(C)c1=O.Cn1c(O)c(N=Nc2cc(SOOO)ccc2O)c(=O)n(C)c1=O.[Ni]. The maximum Gasteiger partial charge on any atom is 0.333 e. The third-order valence-electron chi connectivity index (χ3n) is 5.95. The Hall–Kier alpha value is -4.85. The van der Waals surface area contributed by atoms with E-state index in [-0.39, 0.29) is 39.4 Å². The Morgan fingerprint density at radius 3 is 1.24 bits per heavy atom. The van der Waals surface area contributed by atoms with Crippen molar-refractivity contribution in [2.45, 2.75) is 9.79 Å². The zero-order chi connectivity index (χ0) is 35.7. The number of azo groups is 2. The van der Waals surface area contributed by atoms with E-state index >= 15 is 0 Å². The number of aromatic hydroxyl groups is 4. The van der Waals surface area contributed by atoms with Crippen LogP contribution < -0.4 is 22.5 Å². The van der Waals surface area contributed by atoms with Crippen molar-refractivity contribution in [2.24, 2.45) is 48.6 Å². The normalized spacial score (nSPS) is 11.1. The molecule has 2 aromatic carbocycles. The summed E-state index contributed by atoms with van der Waals surface area (Å²) >= 11 is 1.26. The van der Waals surface area contributed by atoms with Gasteiger partial charge in [-0.2, -0.15) is 0 Å². The van der Waals surface area contributed by atoms with Crippen molar-refractivity contribution in [2.75, 3.05) is 0 Å². The molecule has 0 radical (unpaired) electrons. The molecule has 4 rings (SSSR count). The van der Waals surface area contributed by atoms with E-state index in [1.807, 2.05) is 0 Å². The summed E-state index contributed by atoms with van der Waals surface area (Å²) in [5.74, 6) is -1.83. The number of hydrogen-bond donors (Lipinski definition) is 6. The van der Waals surface area contributed by atoms with Crippen LogP contribution in [0.1, 0.15) is 0 Å². The largest absolute Gasteiger partial charge is 0.506 e. The average molecular weight is 771 g/mol. The number of nitrogens with zero attached hydrogens (tertiary/aromatic N) is 8. The van der Waals surface area contributed by atoms with Gasteiger partial charge in [-0.1, -0.05) is 10.1 Å². The molecule has 0 amide bonds. The molecule has 22 nitrogen and oxygen atoms in total. The van der Waals surface area contributed by atoms with Crippen LogP contribution in [0.5, 0.6) is 23.3 Å². The molecule has 0 bridgehead atoms. The van der Waals surface area contributed by atoms with E-state index in [2.05, 4.69) is 39.2 Å². The van der Waals surface area contributed by atoms with Gasteiger partial charge >= 0.3 is 11.4 Å². The first kappa shape index (κ1) is 40.3. The first-order valence-electron chi connectivity index (χ1n) is 12.5. The Morgan fingerprint density at radius 2 is 0.918 bits per heavy atom. The molecule has 2 aromatic heterocycles. The molecular weight excluding hydrogens is 747 g/mol. The van der Waals surface area contributed by atoms with E-state index in [0.717, 1.165) is 18.3 Å². The fraction of sp³-hybridized carbons (Fsp3) is 0.167. The first-order valence-corrected chi connectivity index (χ1v) is 14.0. The molecule has 6 N–H and O–H groups in total. The zero-order valence-electron chi connectivity index (χ0n) is 25.1. The van der Waals surface area contributed by atoms with Crippen molar-refractivity contribution in [1.82, 2.24) is 18.3 Å². The quantitative estimate of drug-likeness (QED) is 0.0444. The topological polar surface area (TPSA) is 296 Å². The fourth-order valence-corrected chi connectivity index (χ4v) is 4.18. The Bertz CT molecular complexity index is 1970. The predicted molar refractivity (Wildman–Crippen MR) is 163 cm³/mol. The van der Waals surface area contributed by atoms with Crippen LogP contribution in [-0.4, -0.2) is 49.2 Å². The van der Waals surface area contributed by atoms with Crippen LogP contribution in [0.25, 0.3) is 0 Å². The van der Waals surface area contributed by atoms with Crippen molar-refractivity contribution in [3.8, 4) is 23.3 Å². The molecule has 0 aliphatic carbocycles. The van der Waals surface area contributed by atoms with E-state index in [0.29, 0.717) is 33.9 Å². The standard InChI is InChI=1S/2C12H12N4O7S.Ni/c2*1-15-10(18)9(11(19)16(2)12(15)20)14-13-7-5-6(24-23-22-21)3-4-8(7)17;/h2*3-5,17-18,21H,1-2H3;. The molecule has 0 fully saturated rings.